The molecule has 1 N–H and O–H groups in total. The highest BCUT2D eigenvalue weighted by Gasteiger charge is 2.36. The second kappa shape index (κ2) is 6.08. The molecule has 1 aromatic carbocycles. The molecule has 0 aromatic heterocycles. The summed E-state index contributed by atoms with van der Waals surface area (Å²) in [4.78, 5) is 34.7. The molecule has 1 aliphatic rings. The average Bonchev–Trinajstić information content (AvgIpc) is 2.90. The Morgan fingerprint density at radius 2 is 2.10 bits per heavy atom. The molecule has 0 saturated carbocycles. The van der Waals surface area contributed by atoms with Crippen LogP contribution in [0.1, 0.15) is 10.4 Å². The van der Waals surface area contributed by atoms with Crippen LogP contribution in [0.15, 0.2) is 12.1 Å². The minimum Gasteiger partial charge on any atom is -0.480 e. The number of aliphatic carboxylic acids is 1. The number of hydrogen-bond donors (Lipinski definition) is 1. The van der Waals surface area contributed by atoms with Crippen LogP contribution in [0, 0.1) is 10.1 Å². The average molecular weight is 351 g/mol. The number of benzene rings is 1. The number of hydrogen-bond acceptors (Lipinski definition) is 5. The van der Waals surface area contributed by atoms with Gasteiger partial charge >= 0.3 is 5.97 Å². The van der Waals surface area contributed by atoms with Crippen molar-refractivity contribution < 1.29 is 19.6 Å². The lowest BCUT2D eigenvalue weighted by Gasteiger charge is -2.21. The van der Waals surface area contributed by atoms with E-state index in [0.717, 1.165) is 17.0 Å². The van der Waals surface area contributed by atoms with Crippen molar-refractivity contribution in [2.75, 3.05) is 11.6 Å². The number of carbonyl (C=O) groups excluding carboxylic acids is 1. The van der Waals surface area contributed by atoms with Crippen LogP contribution in [0.3, 0.4) is 0 Å². The number of nitro groups is 1. The van der Waals surface area contributed by atoms with E-state index >= 15 is 0 Å². The summed E-state index contributed by atoms with van der Waals surface area (Å²) in [5.41, 5.74) is -0.559. The quantitative estimate of drug-likeness (QED) is 0.663. The highest BCUT2D eigenvalue weighted by atomic mass is 35.5. The molecule has 7 nitrogen and oxygen atoms in total. The first-order valence-electron chi connectivity index (χ1n) is 5.58. The van der Waals surface area contributed by atoms with E-state index in [-0.39, 0.29) is 32.9 Å². The number of rotatable bonds is 3. The summed E-state index contributed by atoms with van der Waals surface area (Å²) in [6, 6.07) is 1.04. The normalized spacial score (nSPS) is 17.8. The van der Waals surface area contributed by atoms with Gasteiger partial charge in [0.2, 0.25) is 0 Å². The SMILES string of the molecule is O=C(O)C1CSCN1C(=O)c1cc([N+](=O)[O-])cc(Cl)c1Cl. The Morgan fingerprint density at radius 1 is 1.43 bits per heavy atom. The van der Waals surface area contributed by atoms with Gasteiger partial charge in [-0.3, -0.25) is 14.9 Å². The Balaban J connectivity index is 2.43. The van der Waals surface area contributed by atoms with Gasteiger partial charge in [-0.2, -0.15) is 0 Å². The molecule has 1 heterocycles. The van der Waals surface area contributed by atoms with Crippen LogP contribution in [0.25, 0.3) is 0 Å². The van der Waals surface area contributed by atoms with E-state index in [1.807, 2.05) is 0 Å². The molecule has 0 bridgehead atoms. The molecule has 0 spiro atoms. The number of carboxylic acid groups (broad SMARTS) is 1. The summed E-state index contributed by atoms with van der Waals surface area (Å²) in [5.74, 6) is -1.41. The summed E-state index contributed by atoms with van der Waals surface area (Å²) in [5, 5.41) is 19.6. The monoisotopic (exact) mass is 350 g/mol. The number of halogens is 2. The molecule has 0 radical (unpaired) electrons. The summed E-state index contributed by atoms with van der Waals surface area (Å²) in [6.07, 6.45) is 0. The molecule has 0 aliphatic carbocycles. The zero-order valence-corrected chi connectivity index (χ0v) is 12.6. The van der Waals surface area contributed by atoms with Gasteiger partial charge in [0.05, 0.1) is 26.4 Å². The molecule has 10 heteroatoms. The van der Waals surface area contributed by atoms with Gasteiger partial charge in [-0.1, -0.05) is 23.2 Å². The molecular formula is C11H8Cl2N2O5S. The fraction of sp³-hybridized carbons (Fsp3) is 0.273. The van der Waals surface area contributed by atoms with Gasteiger partial charge in [0.1, 0.15) is 6.04 Å². The van der Waals surface area contributed by atoms with Crippen molar-refractivity contribution in [1.82, 2.24) is 4.90 Å². The van der Waals surface area contributed by atoms with Crippen LogP contribution < -0.4 is 0 Å². The molecule has 1 saturated heterocycles. The molecular weight excluding hydrogens is 343 g/mol. The molecule has 1 atom stereocenters. The van der Waals surface area contributed by atoms with Crippen LogP contribution in [-0.4, -0.2) is 44.5 Å². The Bertz CT molecular complexity index is 639. The smallest absolute Gasteiger partial charge is 0.327 e. The number of carbonyl (C=O) groups is 2. The number of nitro benzene ring substituents is 1. The Morgan fingerprint density at radius 3 is 2.67 bits per heavy atom. The number of non-ortho nitro benzene ring substituents is 1. The van der Waals surface area contributed by atoms with Crippen molar-refractivity contribution >= 4 is 52.5 Å². The van der Waals surface area contributed by atoms with Crippen LogP contribution in [0.2, 0.25) is 10.0 Å². The third-order valence-corrected chi connectivity index (χ3v) is 4.70. The van der Waals surface area contributed by atoms with E-state index < -0.39 is 22.8 Å². The number of thioether (sulfide) groups is 1. The van der Waals surface area contributed by atoms with Crippen LogP contribution >= 0.6 is 35.0 Å². The minimum atomic E-state index is -1.14. The van der Waals surface area contributed by atoms with Crippen molar-refractivity contribution in [3.05, 3.63) is 37.9 Å². The zero-order chi connectivity index (χ0) is 15.7. The van der Waals surface area contributed by atoms with Crippen LogP contribution in [0.5, 0.6) is 0 Å². The highest BCUT2D eigenvalue weighted by Crippen LogP contribution is 2.33. The first-order chi connectivity index (χ1) is 9.82. The van der Waals surface area contributed by atoms with Gasteiger partial charge in [0.25, 0.3) is 11.6 Å². The van der Waals surface area contributed by atoms with Gasteiger partial charge in [-0.25, -0.2) is 4.79 Å². The minimum absolute atomic E-state index is 0.131. The molecule has 1 unspecified atom stereocenters. The van der Waals surface area contributed by atoms with Crippen molar-refractivity contribution in [2.24, 2.45) is 0 Å². The van der Waals surface area contributed by atoms with Crippen molar-refractivity contribution in [3.63, 3.8) is 0 Å². The highest BCUT2D eigenvalue weighted by molar-refractivity contribution is 7.99. The lowest BCUT2D eigenvalue weighted by atomic mass is 10.1. The largest absolute Gasteiger partial charge is 0.480 e. The van der Waals surface area contributed by atoms with E-state index in [0.29, 0.717) is 0 Å². The van der Waals surface area contributed by atoms with E-state index in [9.17, 15) is 19.7 Å². The van der Waals surface area contributed by atoms with Gasteiger partial charge in [-0.15, -0.1) is 11.8 Å². The molecule has 2 rings (SSSR count). The van der Waals surface area contributed by atoms with Crippen LogP contribution in [0.4, 0.5) is 5.69 Å². The van der Waals surface area contributed by atoms with Crippen molar-refractivity contribution in [2.45, 2.75) is 6.04 Å². The second-order valence-electron chi connectivity index (χ2n) is 4.18. The van der Waals surface area contributed by atoms with Gasteiger partial charge in [0.15, 0.2) is 0 Å². The van der Waals surface area contributed by atoms with Gasteiger partial charge in [0, 0.05) is 17.9 Å². The molecule has 1 aromatic rings. The fourth-order valence-corrected chi connectivity index (χ4v) is 3.39. The molecule has 1 fully saturated rings. The molecule has 21 heavy (non-hydrogen) atoms. The molecule has 1 amide bonds. The first-order valence-corrected chi connectivity index (χ1v) is 7.49. The first kappa shape index (κ1) is 15.9. The summed E-state index contributed by atoms with van der Waals surface area (Å²) < 4.78 is 0. The van der Waals surface area contributed by atoms with Crippen molar-refractivity contribution in [3.8, 4) is 0 Å². The molecule has 1 aliphatic heterocycles. The van der Waals surface area contributed by atoms with Gasteiger partial charge in [-0.05, 0) is 0 Å². The number of amides is 1. The zero-order valence-electron chi connectivity index (χ0n) is 10.3. The van der Waals surface area contributed by atoms with E-state index in [4.69, 9.17) is 28.3 Å². The lowest BCUT2D eigenvalue weighted by molar-refractivity contribution is -0.384. The topological polar surface area (TPSA) is 101 Å². The van der Waals surface area contributed by atoms with E-state index in [1.54, 1.807) is 0 Å². The Hall–Kier alpha value is -1.51. The van der Waals surface area contributed by atoms with Crippen molar-refractivity contribution in [1.29, 1.82) is 0 Å². The van der Waals surface area contributed by atoms with Gasteiger partial charge < -0.3 is 10.0 Å². The summed E-state index contributed by atoms with van der Waals surface area (Å²) >= 11 is 13.0. The number of carboxylic acids is 1. The maximum atomic E-state index is 12.4. The standard InChI is InChI=1S/C11H8Cl2N2O5S/c12-7-2-5(15(19)20)1-6(9(7)13)10(16)14-4-21-3-8(14)11(17)18/h1-2,8H,3-4H2,(H,17,18). The lowest BCUT2D eigenvalue weighted by Crippen LogP contribution is -2.41. The predicted molar refractivity (Wildman–Crippen MR) is 78.0 cm³/mol. The summed E-state index contributed by atoms with van der Waals surface area (Å²) in [6.45, 7) is 0. The maximum Gasteiger partial charge on any atom is 0.327 e. The predicted octanol–water partition coefficient (Wildman–Crippen LogP) is 2.50. The fourth-order valence-electron chi connectivity index (χ4n) is 1.84. The number of nitrogens with zero attached hydrogens (tertiary/aromatic N) is 2. The third kappa shape index (κ3) is 3.07. The van der Waals surface area contributed by atoms with E-state index in [1.165, 1.54) is 11.8 Å². The maximum absolute atomic E-state index is 12.4. The Kier molecular flexibility index (Phi) is 4.60. The second-order valence-corrected chi connectivity index (χ2v) is 5.96. The van der Waals surface area contributed by atoms with E-state index in [2.05, 4.69) is 0 Å². The van der Waals surface area contributed by atoms with Crippen LogP contribution in [-0.2, 0) is 4.79 Å². The Labute approximate surface area is 133 Å². The molecule has 112 valence electrons. The summed E-state index contributed by atoms with van der Waals surface area (Å²) in [7, 11) is 0. The third-order valence-electron chi connectivity index (χ3n) is 2.88.